The molecule has 4 aromatic rings. The van der Waals surface area contributed by atoms with Crippen molar-refractivity contribution in [1.29, 1.82) is 0 Å². The van der Waals surface area contributed by atoms with Crippen LogP contribution in [0.1, 0.15) is 27.2 Å². The van der Waals surface area contributed by atoms with Gasteiger partial charge in [0.05, 0.1) is 12.2 Å². The lowest BCUT2D eigenvalue weighted by Crippen LogP contribution is -2.05. The molecular formula is C26H20FNO2. The molecule has 3 nitrogen and oxygen atoms in total. The number of aromatic nitrogens is 1. The lowest BCUT2D eigenvalue weighted by molar-refractivity contribution is -0.104. The molecular weight excluding hydrogens is 377 g/mol. The second-order valence-corrected chi connectivity index (χ2v) is 7.14. The SMILES string of the molecule is O=CC1=Cc2ccccc2C1.O=Cc1cc2ccccc2n1Cc1ccccc1F. The van der Waals surface area contributed by atoms with Crippen LogP contribution in [0.15, 0.2) is 84.4 Å². The van der Waals surface area contributed by atoms with Gasteiger partial charge in [-0.15, -0.1) is 0 Å². The zero-order valence-electron chi connectivity index (χ0n) is 16.3. The van der Waals surface area contributed by atoms with Gasteiger partial charge in [0, 0.05) is 22.9 Å². The third kappa shape index (κ3) is 3.98. The molecule has 0 spiro atoms. The Morgan fingerprint density at radius 2 is 1.60 bits per heavy atom. The molecule has 148 valence electrons. The number of carbonyl (C=O) groups is 2. The Bertz CT molecular complexity index is 1250. The maximum atomic E-state index is 13.7. The van der Waals surface area contributed by atoms with Gasteiger partial charge in [-0.2, -0.15) is 0 Å². The summed E-state index contributed by atoms with van der Waals surface area (Å²) in [7, 11) is 0. The van der Waals surface area contributed by atoms with E-state index in [9.17, 15) is 14.0 Å². The summed E-state index contributed by atoms with van der Waals surface area (Å²) in [5.41, 5.74) is 5.40. The average molecular weight is 397 g/mol. The number of aldehydes is 2. The smallest absolute Gasteiger partial charge is 0.166 e. The number of para-hydroxylation sites is 1. The van der Waals surface area contributed by atoms with Crippen LogP contribution < -0.4 is 0 Å². The van der Waals surface area contributed by atoms with E-state index in [2.05, 4.69) is 6.07 Å². The van der Waals surface area contributed by atoms with E-state index in [1.807, 2.05) is 59.2 Å². The van der Waals surface area contributed by atoms with Crippen molar-refractivity contribution in [3.05, 3.63) is 113 Å². The predicted octanol–water partition coefficient (Wildman–Crippen LogP) is 5.47. The fourth-order valence-electron chi connectivity index (χ4n) is 3.69. The first-order valence-corrected chi connectivity index (χ1v) is 9.70. The van der Waals surface area contributed by atoms with Crippen molar-refractivity contribution in [2.45, 2.75) is 13.0 Å². The molecule has 4 heteroatoms. The summed E-state index contributed by atoms with van der Waals surface area (Å²) >= 11 is 0. The molecule has 1 aliphatic rings. The second-order valence-electron chi connectivity index (χ2n) is 7.14. The minimum absolute atomic E-state index is 0.253. The number of halogens is 1. The van der Waals surface area contributed by atoms with Crippen molar-refractivity contribution in [3.63, 3.8) is 0 Å². The lowest BCUT2D eigenvalue weighted by atomic mass is 10.1. The van der Waals surface area contributed by atoms with Gasteiger partial charge in [0.2, 0.25) is 0 Å². The van der Waals surface area contributed by atoms with Gasteiger partial charge in [-0.05, 0) is 41.0 Å². The quantitative estimate of drug-likeness (QED) is 0.429. The van der Waals surface area contributed by atoms with Crippen LogP contribution >= 0.6 is 0 Å². The van der Waals surface area contributed by atoms with Crippen molar-refractivity contribution in [2.24, 2.45) is 0 Å². The van der Waals surface area contributed by atoms with Gasteiger partial charge in [-0.25, -0.2) is 4.39 Å². The number of rotatable bonds is 4. The average Bonchev–Trinajstić information content (AvgIpc) is 3.37. The largest absolute Gasteiger partial charge is 0.334 e. The van der Waals surface area contributed by atoms with Crippen LogP contribution in [0.3, 0.4) is 0 Å². The van der Waals surface area contributed by atoms with E-state index < -0.39 is 0 Å². The number of carbonyl (C=O) groups excluding carboxylic acids is 2. The molecule has 1 heterocycles. The predicted molar refractivity (Wildman–Crippen MR) is 117 cm³/mol. The zero-order chi connectivity index (χ0) is 20.9. The van der Waals surface area contributed by atoms with E-state index in [0.29, 0.717) is 17.8 Å². The standard InChI is InChI=1S/C16H12FNO.C10H8O/c17-15-7-3-1-6-13(15)10-18-14(11-19)9-12-5-2-4-8-16(12)18;11-7-8-5-9-3-1-2-4-10(9)6-8/h1-9,11H,10H2;1-5,7H,6H2. The number of allylic oxidation sites excluding steroid dienone is 1. The summed E-state index contributed by atoms with van der Waals surface area (Å²) in [5, 5.41) is 0.987. The van der Waals surface area contributed by atoms with Crippen LogP contribution in [0.4, 0.5) is 4.39 Å². The molecule has 0 radical (unpaired) electrons. The topological polar surface area (TPSA) is 39.1 Å². The van der Waals surface area contributed by atoms with Gasteiger partial charge in [0.1, 0.15) is 12.1 Å². The first-order valence-electron chi connectivity index (χ1n) is 9.70. The van der Waals surface area contributed by atoms with Crippen molar-refractivity contribution in [1.82, 2.24) is 4.57 Å². The normalized spacial score (nSPS) is 12.0. The summed E-state index contributed by atoms with van der Waals surface area (Å²) in [6.07, 6.45) is 4.49. The van der Waals surface area contributed by atoms with Crippen molar-refractivity contribution in [3.8, 4) is 0 Å². The molecule has 30 heavy (non-hydrogen) atoms. The Kier molecular flexibility index (Phi) is 5.66. The van der Waals surface area contributed by atoms with Crippen molar-refractivity contribution >= 4 is 29.6 Å². The zero-order valence-corrected chi connectivity index (χ0v) is 16.3. The molecule has 0 bridgehead atoms. The molecule has 0 amide bonds. The number of nitrogens with zero attached hydrogens (tertiary/aromatic N) is 1. The maximum Gasteiger partial charge on any atom is 0.166 e. The van der Waals surface area contributed by atoms with Gasteiger partial charge in [-0.3, -0.25) is 9.59 Å². The molecule has 1 aliphatic carbocycles. The molecule has 3 aromatic carbocycles. The lowest BCUT2D eigenvalue weighted by Gasteiger charge is -2.08. The first-order chi connectivity index (χ1) is 14.7. The molecule has 0 unspecified atom stereocenters. The summed E-state index contributed by atoms with van der Waals surface area (Å²) < 4.78 is 15.5. The van der Waals surface area contributed by atoms with Gasteiger partial charge in [-0.1, -0.05) is 60.7 Å². The number of benzene rings is 3. The van der Waals surface area contributed by atoms with E-state index in [1.54, 1.807) is 18.2 Å². The van der Waals surface area contributed by atoms with Crippen LogP contribution in [0.2, 0.25) is 0 Å². The molecule has 0 fully saturated rings. The highest BCUT2D eigenvalue weighted by Gasteiger charge is 2.10. The van der Waals surface area contributed by atoms with E-state index in [4.69, 9.17) is 0 Å². The fourth-order valence-corrected chi connectivity index (χ4v) is 3.69. The highest BCUT2D eigenvalue weighted by Crippen LogP contribution is 2.23. The van der Waals surface area contributed by atoms with Gasteiger partial charge >= 0.3 is 0 Å². The highest BCUT2D eigenvalue weighted by atomic mass is 19.1. The molecule has 5 rings (SSSR count). The summed E-state index contributed by atoms with van der Waals surface area (Å²) in [6.45, 7) is 0.355. The van der Waals surface area contributed by atoms with Crippen molar-refractivity contribution in [2.75, 3.05) is 0 Å². The Morgan fingerprint density at radius 3 is 2.37 bits per heavy atom. The van der Waals surface area contributed by atoms with E-state index in [1.165, 1.54) is 17.2 Å². The van der Waals surface area contributed by atoms with E-state index in [-0.39, 0.29) is 5.82 Å². The second kappa shape index (κ2) is 8.70. The minimum Gasteiger partial charge on any atom is -0.334 e. The fraction of sp³-hybridized carbons (Fsp3) is 0.0769. The van der Waals surface area contributed by atoms with Crippen LogP contribution in [0.5, 0.6) is 0 Å². The molecule has 0 aliphatic heterocycles. The Hall–Kier alpha value is -3.79. The number of fused-ring (bicyclic) bond motifs is 2. The van der Waals surface area contributed by atoms with Gasteiger partial charge in [0.15, 0.2) is 6.29 Å². The Morgan fingerprint density at radius 1 is 0.867 bits per heavy atom. The minimum atomic E-state index is -0.253. The van der Waals surface area contributed by atoms with E-state index in [0.717, 1.165) is 35.5 Å². The molecule has 0 N–H and O–H groups in total. The van der Waals surface area contributed by atoms with Gasteiger partial charge < -0.3 is 4.57 Å². The Labute approximate surface area is 174 Å². The maximum absolute atomic E-state index is 13.7. The van der Waals surface area contributed by atoms with Crippen molar-refractivity contribution < 1.29 is 14.0 Å². The summed E-state index contributed by atoms with van der Waals surface area (Å²) in [4.78, 5) is 21.6. The van der Waals surface area contributed by atoms with Crippen LogP contribution in [0, 0.1) is 5.82 Å². The van der Waals surface area contributed by atoms with E-state index >= 15 is 0 Å². The monoisotopic (exact) mass is 397 g/mol. The third-order valence-electron chi connectivity index (χ3n) is 5.19. The Balaban J connectivity index is 0.000000168. The molecule has 0 saturated carbocycles. The number of hydrogen-bond acceptors (Lipinski definition) is 2. The molecule has 1 aromatic heterocycles. The van der Waals surface area contributed by atoms with Crippen LogP contribution in [0.25, 0.3) is 17.0 Å². The summed E-state index contributed by atoms with van der Waals surface area (Å²) in [5.74, 6) is -0.253. The first kappa shape index (κ1) is 19.5. The van der Waals surface area contributed by atoms with Crippen LogP contribution in [-0.4, -0.2) is 17.1 Å². The highest BCUT2D eigenvalue weighted by molar-refractivity contribution is 5.89. The summed E-state index contributed by atoms with van der Waals surface area (Å²) in [6, 6.07) is 24.2. The molecule has 0 saturated heterocycles. The van der Waals surface area contributed by atoms with Gasteiger partial charge in [0.25, 0.3) is 0 Å². The number of hydrogen-bond donors (Lipinski definition) is 0. The molecule has 0 atom stereocenters. The van der Waals surface area contributed by atoms with Crippen LogP contribution in [-0.2, 0) is 17.8 Å². The third-order valence-corrected chi connectivity index (χ3v) is 5.19.